The number of allylic oxidation sites excluding steroid dienone is 1. The smallest absolute Gasteiger partial charge is 0.286 e. The van der Waals surface area contributed by atoms with E-state index < -0.39 is 6.29 Å². The second kappa shape index (κ2) is 11.2. The van der Waals surface area contributed by atoms with Gasteiger partial charge in [-0.3, -0.25) is 4.79 Å². The number of ether oxygens (including phenoxy) is 2. The Labute approximate surface area is 179 Å². The number of carbonyl (C=O) groups excluding carboxylic acids is 1. The maximum atomic E-state index is 13.0. The van der Waals surface area contributed by atoms with Crippen molar-refractivity contribution in [2.24, 2.45) is 5.92 Å². The fraction of sp³-hybridized carbons (Fsp3) is 0.560. The van der Waals surface area contributed by atoms with E-state index in [-0.39, 0.29) is 30.4 Å². The lowest BCUT2D eigenvalue weighted by molar-refractivity contribution is -0.166. The molecule has 0 spiro atoms. The number of aliphatic hydroxyl groups excluding tert-OH is 1. The van der Waals surface area contributed by atoms with Crippen molar-refractivity contribution in [2.75, 3.05) is 13.2 Å². The fourth-order valence-corrected chi connectivity index (χ4v) is 4.45. The Hall–Kier alpha value is -2.29. The highest BCUT2D eigenvalue weighted by molar-refractivity contribution is 5.92. The largest absolute Gasteiger partial charge is 0.459 e. The number of hydrogen-bond acceptors (Lipinski definition) is 4. The molecule has 3 rings (SSSR count). The van der Waals surface area contributed by atoms with Gasteiger partial charge in [0.15, 0.2) is 5.76 Å². The maximum Gasteiger partial charge on any atom is 0.286 e. The van der Waals surface area contributed by atoms with Crippen molar-refractivity contribution in [1.29, 1.82) is 0 Å². The Morgan fingerprint density at radius 3 is 2.63 bits per heavy atom. The molecule has 2 aliphatic rings. The van der Waals surface area contributed by atoms with Crippen LogP contribution in [-0.4, -0.2) is 36.6 Å². The maximum absolute atomic E-state index is 13.0. The van der Waals surface area contributed by atoms with E-state index in [9.17, 15) is 9.90 Å². The molecule has 2 N–H and O–H groups in total. The molecule has 0 aromatic heterocycles. The first-order chi connectivity index (χ1) is 14.7. The number of terminal acetylenes is 1. The molecule has 1 aliphatic carbocycles. The molecule has 1 heterocycles. The van der Waals surface area contributed by atoms with Gasteiger partial charge >= 0.3 is 0 Å². The zero-order valence-corrected chi connectivity index (χ0v) is 17.8. The van der Waals surface area contributed by atoms with Crippen LogP contribution in [0, 0.1) is 18.3 Å². The topological polar surface area (TPSA) is 67.8 Å². The lowest BCUT2D eigenvalue weighted by Gasteiger charge is -2.37. The molecule has 0 bridgehead atoms. The molecule has 0 radical (unpaired) electrons. The average molecular weight is 412 g/mol. The molecule has 5 nitrogen and oxygen atoms in total. The van der Waals surface area contributed by atoms with Gasteiger partial charge in [-0.15, -0.1) is 6.42 Å². The van der Waals surface area contributed by atoms with Gasteiger partial charge in [0.25, 0.3) is 5.91 Å². The molecule has 30 heavy (non-hydrogen) atoms. The Morgan fingerprint density at radius 1 is 1.27 bits per heavy atom. The number of carbonyl (C=O) groups is 1. The fourth-order valence-electron chi connectivity index (χ4n) is 4.45. The van der Waals surface area contributed by atoms with Crippen molar-refractivity contribution in [2.45, 2.75) is 70.1 Å². The van der Waals surface area contributed by atoms with Crippen LogP contribution in [-0.2, 0) is 14.3 Å². The van der Waals surface area contributed by atoms with Gasteiger partial charge in [0.05, 0.1) is 0 Å². The Bertz CT molecular complexity index is 758. The minimum atomic E-state index is -0.532. The zero-order valence-electron chi connectivity index (χ0n) is 17.8. The highest BCUT2D eigenvalue weighted by atomic mass is 16.7. The van der Waals surface area contributed by atoms with Crippen molar-refractivity contribution < 1.29 is 19.4 Å². The van der Waals surface area contributed by atoms with E-state index in [0.29, 0.717) is 18.8 Å². The summed E-state index contributed by atoms with van der Waals surface area (Å²) in [6.07, 6.45) is 13.8. The Balaban J connectivity index is 1.87. The third kappa shape index (κ3) is 5.65. The van der Waals surface area contributed by atoms with E-state index in [0.717, 1.165) is 43.2 Å². The van der Waals surface area contributed by atoms with Crippen LogP contribution >= 0.6 is 0 Å². The third-order valence-corrected chi connectivity index (χ3v) is 6.04. The standard InChI is InChI=1S/C25H33NO4/c1-3-18-12-14-19(15-13-18)22-17-23(24(28)26-20-9-6-5-7-10-20)30-25(29-4-2)21(22)11-8-16-27/h1,12-15,17,20-22,25,27H,4-11,16H2,2H3,(H,26,28)/t21-,22+,25+/m0/s1. The number of benzene rings is 1. The summed E-state index contributed by atoms with van der Waals surface area (Å²) in [6, 6.07) is 8.06. The van der Waals surface area contributed by atoms with Gasteiger partial charge in [-0.05, 0) is 56.4 Å². The first-order valence-electron chi connectivity index (χ1n) is 11.1. The summed E-state index contributed by atoms with van der Waals surface area (Å²) < 4.78 is 12.0. The predicted molar refractivity (Wildman–Crippen MR) is 117 cm³/mol. The lowest BCUT2D eigenvalue weighted by atomic mass is 9.80. The number of rotatable bonds is 8. The molecule has 1 amide bonds. The molecule has 1 saturated carbocycles. The Morgan fingerprint density at radius 2 is 2.00 bits per heavy atom. The van der Waals surface area contributed by atoms with Crippen LogP contribution in [0.3, 0.4) is 0 Å². The van der Waals surface area contributed by atoms with Crippen LogP contribution in [0.1, 0.15) is 68.9 Å². The predicted octanol–water partition coefficient (Wildman–Crippen LogP) is 3.87. The summed E-state index contributed by atoms with van der Waals surface area (Å²) >= 11 is 0. The molecule has 1 aromatic carbocycles. The summed E-state index contributed by atoms with van der Waals surface area (Å²) in [7, 11) is 0. The van der Waals surface area contributed by atoms with Crippen molar-refractivity contribution in [1.82, 2.24) is 5.32 Å². The SMILES string of the molecule is C#Cc1ccc([C@H]2C=C(C(=O)NC3CCCCC3)O[C@@H](OCC)[C@H]2CCCO)cc1. The van der Waals surface area contributed by atoms with Gasteiger partial charge in [0.1, 0.15) is 0 Å². The van der Waals surface area contributed by atoms with Gasteiger partial charge in [-0.25, -0.2) is 0 Å². The van der Waals surface area contributed by atoms with Crippen LogP contribution in [0.15, 0.2) is 36.1 Å². The van der Waals surface area contributed by atoms with Crippen LogP contribution in [0.4, 0.5) is 0 Å². The van der Waals surface area contributed by atoms with E-state index in [4.69, 9.17) is 15.9 Å². The third-order valence-electron chi connectivity index (χ3n) is 6.04. The molecule has 162 valence electrons. The molecular formula is C25H33NO4. The summed E-state index contributed by atoms with van der Waals surface area (Å²) in [5.41, 5.74) is 1.88. The van der Waals surface area contributed by atoms with E-state index >= 15 is 0 Å². The van der Waals surface area contributed by atoms with Crippen LogP contribution in [0.25, 0.3) is 0 Å². The number of amides is 1. The van der Waals surface area contributed by atoms with Gasteiger partial charge in [-0.1, -0.05) is 37.3 Å². The summed E-state index contributed by atoms with van der Waals surface area (Å²) in [5, 5.41) is 12.5. The summed E-state index contributed by atoms with van der Waals surface area (Å²) in [5.74, 6) is 2.74. The second-order valence-corrected chi connectivity index (χ2v) is 8.10. The highest BCUT2D eigenvalue weighted by Gasteiger charge is 2.38. The van der Waals surface area contributed by atoms with Crippen molar-refractivity contribution >= 4 is 5.91 Å². The zero-order chi connectivity index (χ0) is 21.3. The highest BCUT2D eigenvalue weighted by Crippen LogP contribution is 2.39. The van der Waals surface area contributed by atoms with E-state index in [1.807, 2.05) is 37.3 Å². The van der Waals surface area contributed by atoms with Crippen molar-refractivity contribution in [3.63, 3.8) is 0 Å². The monoisotopic (exact) mass is 411 g/mol. The minimum Gasteiger partial charge on any atom is -0.459 e. The molecule has 0 saturated heterocycles. The van der Waals surface area contributed by atoms with Gasteiger partial charge in [0.2, 0.25) is 6.29 Å². The van der Waals surface area contributed by atoms with Gasteiger partial charge < -0.3 is 19.9 Å². The molecule has 1 aromatic rings. The van der Waals surface area contributed by atoms with E-state index in [1.54, 1.807) is 0 Å². The van der Waals surface area contributed by atoms with E-state index in [2.05, 4.69) is 11.2 Å². The van der Waals surface area contributed by atoms with Gasteiger partial charge in [-0.2, -0.15) is 0 Å². The quantitative estimate of drug-likeness (QED) is 0.638. The second-order valence-electron chi connectivity index (χ2n) is 8.10. The number of aliphatic hydroxyl groups is 1. The summed E-state index contributed by atoms with van der Waals surface area (Å²) in [4.78, 5) is 13.0. The van der Waals surface area contributed by atoms with Gasteiger partial charge in [0, 0.05) is 36.7 Å². The molecule has 1 fully saturated rings. The summed E-state index contributed by atoms with van der Waals surface area (Å²) in [6.45, 7) is 2.51. The molecule has 1 aliphatic heterocycles. The minimum absolute atomic E-state index is 0.0000151. The molecule has 5 heteroatoms. The van der Waals surface area contributed by atoms with Crippen LogP contribution in [0.5, 0.6) is 0 Å². The van der Waals surface area contributed by atoms with Crippen LogP contribution in [0.2, 0.25) is 0 Å². The number of hydrogen-bond donors (Lipinski definition) is 2. The van der Waals surface area contributed by atoms with Crippen molar-refractivity contribution in [3.05, 3.63) is 47.2 Å². The number of nitrogens with one attached hydrogen (secondary N) is 1. The molecule has 0 unspecified atom stereocenters. The normalized spacial score (nSPS) is 24.4. The first-order valence-corrected chi connectivity index (χ1v) is 11.1. The Kier molecular flexibility index (Phi) is 8.36. The lowest BCUT2D eigenvalue weighted by Crippen LogP contribution is -2.42. The first kappa shape index (κ1) is 22.4. The van der Waals surface area contributed by atoms with Crippen LogP contribution < -0.4 is 5.32 Å². The average Bonchev–Trinajstić information content (AvgIpc) is 2.78. The molecular weight excluding hydrogens is 378 g/mol. The molecule has 3 atom stereocenters. The van der Waals surface area contributed by atoms with E-state index in [1.165, 1.54) is 6.42 Å². The van der Waals surface area contributed by atoms with Crippen molar-refractivity contribution in [3.8, 4) is 12.3 Å².